The third-order valence-electron chi connectivity index (χ3n) is 1.39. The lowest BCUT2D eigenvalue weighted by Crippen LogP contribution is -2.03. The van der Waals surface area contributed by atoms with Gasteiger partial charge in [0, 0.05) is 5.56 Å². The van der Waals surface area contributed by atoms with Crippen LogP contribution in [0.1, 0.15) is 10.4 Å². The third kappa shape index (κ3) is 1.97. The Kier molecular flexibility index (Phi) is 3.09. The molecule has 2 nitrogen and oxygen atoms in total. The van der Waals surface area contributed by atoms with E-state index in [9.17, 15) is 4.79 Å². The summed E-state index contributed by atoms with van der Waals surface area (Å²) in [6.07, 6.45) is 0. The van der Waals surface area contributed by atoms with Gasteiger partial charge in [-0.05, 0) is 18.2 Å². The number of hydrogen-bond donors (Lipinski definition) is 1. The van der Waals surface area contributed by atoms with Crippen LogP contribution in [0, 0.1) is 0 Å². The maximum absolute atomic E-state index is 10.9. The van der Waals surface area contributed by atoms with Crippen LogP contribution in [0.15, 0.2) is 18.2 Å². The molecule has 1 aromatic carbocycles. The molecule has 0 aliphatic heterocycles. The van der Waals surface area contributed by atoms with Gasteiger partial charge in [-0.2, -0.15) is 0 Å². The topological polar surface area (TPSA) is 37.3 Å². The lowest BCUT2D eigenvalue weighted by Gasteiger charge is -1.98. The van der Waals surface area contributed by atoms with E-state index in [1.165, 1.54) is 18.2 Å². The summed E-state index contributed by atoms with van der Waals surface area (Å²) in [7, 11) is 0. The highest BCUT2D eigenvalue weighted by Gasteiger charge is 2.05. The number of hydrogen-bond acceptors (Lipinski definition) is 2. The molecule has 1 rings (SSSR count). The Labute approximate surface area is 79.7 Å². The molecule has 0 aromatic heterocycles. The molecule has 0 aliphatic carbocycles. The van der Waals surface area contributed by atoms with Crippen molar-refractivity contribution in [2.75, 3.05) is 6.61 Å². The summed E-state index contributed by atoms with van der Waals surface area (Å²) in [5.74, 6) is -0.367. The summed E-state index contributed by atoms with van der Waals surface area (Å²) in [6, 6.07) is 4.47. The van der Waals surface area contributed by atoms with Gasteiger partial charge in [-0.25, -0.2) is 0 Å². The molecule has 12 heavy (non-hydrogen) atoms. The number of carbonyl (C=O) groups excluding carboxylic acids is 1. The zero-order chi connectivity index (χ0) is 9.14. The fourth-order valence-electron chi connectivity index (χ4n) is 0.761. The molecule has 0 aliphatic rings. The first-order valence-corrected chi connectivity index (χ1v) is 4.00. The molecule has 1 aromatic rings. The Morgan fingerprint density at radius 1 is 1.33 bits per heavy atom. The molecule has 1 N–H and O–H groups in total. The molecule has 0 unspecified atom stereocenters. The Hall–Kier alpha value is -0.570. The first-order valence-electron chi connectivity index (χ1n) is 3.24. The predicted octanol–water partition coefficient (Wildman–Crippen LogP) is 2.17. The summed E-state index contributed by atoms with van der Waals surface area (Å²) in [6.45, 7) is -0.516. The first kappa shape index (κ1) is 9.52. The largest absolute Gasteiger partial charge is 0.388 e. The number of rotatable bonds is 2. The van der Waals surface area contributed by atoms with Crippen molar-refractivity contribution in [3.8, 4) is 0 Å². The number of ketones is 1. The molecule has 0 spiro atoms. The second-order valence-electron chi connectivity index (χ2n) is 2.21. The number of carbonyl (C=O) groups is 1. The summed E-state index contributed by atoms with van der Waals surface area (Å²) in [5, 5.41) is 9.23. The van der Waals surface area contributed by atoms with Gasteiger partial charge in [-0.3, -0.25) is 4.79 Å². The van der Waals surface area contributed by atoms with Crippen molar-refractivity contribution >= 4 is 29.0 Å². The molecule has 0 bridgehead atoms. The summed E-state index contributed by atoms with van der Waals surface area (Å²) in [4.78, 5) is 10.9. The monoisotopic (exact) mass is 204 g/mol. The molecule has 0 fully saturated rings. The van der Waals surface area contributed by atoms with Gasteiger partial charge in [0.1, 0.15) is 6.61 Å². The van der Waals surface area contributed by atoms with Gasteiger partial charge >= 0.3 is 0 Å². The van der Waals surface area contributed by atoms with Crippen LogP contribution in [-0.2, 0) is 0 Å². The lowest BCUT2D eigenvalue weighted by atomic mass is 10.1. The highest BCUT2D eigenvalue weighted by molar-refractivity contribution is 6.42. The molecule has 0 atom stereocenters. The van der Waals surface area contributed by atoms with Gasteiger partial charge in [0.15, 0.2) is 5.78 Å². The maximum Gasteiger partial charge on any atom is 0.188 e. The van der Waals surface area contributed by atoms with Crippen molar-refractivity contribution in [2.24, 2.45) is 0 Å². The van der Waals surface area contributed by atoms with Crippen LogP contribution < -0.4 is 0 Å². The fourth-order valence-corrected chi connectivity index (χ4v) is 1.06. The Balaban J connectivity index is 3.05. The number of Topliss-reactive ketones (excluding diaryl/α,β-unsaturated/α-hetero) is 1. The minimum absolute atomic E-state index is 0.316. The van der Waals surface area contributed by atoms with Gasteiger partial charge < -0.3 is 5.11 Å². The van der Waals surface area contributed by atoms with E-state index in [1.807, 2.05) is 0 Å². The van der Waals surface area contributed by atoms with Crippen molar-refractivity contribution in [3.63, 3.8) is 0 Å². The van der Waals surface area contributed by atoms with Gasteiger partial charge in [0.05, 0.1) is 10.0 Å². The molecular weight excluding hydrogens is 199 g/mol. The molecule has 64 valence electrons. The van der Waals surface area contributed by atoms with Crippen molar-refractivity contribution in [2.45, 2.75) is 0 Å². The van der Waals surface area contributed by atoms with Crippen LogP contribution in [0.3, 0.4) is 0 Å². The van der Waals surface area contributed by atoms with E-state index in [-0.39, 0.29) is 5.78 Å². The summed E-state index contributed by atoms with van der Waals surface area (Å²) >= 11 is 11.3. The molecule has 0 saturated heterocycles. The number of aliphatic hydroxyl groups excluding tert-OH is 1. The lowest BCUT2D eigenvalue weighted by molar-refractivity contribution is 0.0904. The van der Waals surface area contributed by atoms with Gasteiger partial charge in [0.25, 0.3) is 0 Å². The Morgan fingerprint density at radius 2 is 2.00 bits per heavy atom. The molecule has 0 amide bonds. The SMILES string of the molecule is O=C(CO)c1ccc(Cl)c(Cl)c1. The predicted molar refractivity (Wildman–Crippen MR) is 47.9 cm³/mol. The Morgan fingerprint density at radius 3 is 2.50 bits per heavy atom. The number of benzene rings is 1. The van der Waals surface area contributed by atoms with E-state index in [1.54, 1.807) is 0 Å². The minimum atomic E-state index is -0.516. The second kappa shape index (κ2) is 3.90. The van der Waals surface area contributed by atoms with E-state index in [4.69, 9.17) is 28.3 Å². The number of aliphatic hydroxyl groups is 1. The van der Waals surface area contributed by atoms with Crippen molar-refractivity contribution in [3.05, 3.63) is 33.8 Å². The van der Waals surface area contributed by atoms with E-state index in [2.05, 4.69) is 0 Å². The zero-order valence-corrected chi connectivity index (χ0v) is 7.56. The van der Waals surface area contributed by atoms with Crippen LogP contribution >= 0.6 is 23.2 Å². The molecule has 0 saturated carbocycles. The average Bonchev–Trinajstić information content (AvgIpc) is 2.08. The average molecular weight is 205 g/mol. The highest BCUT2D eigenvalue weighted by atomic mass is 35.5. The van der Waals surface area contributed by atoms with Crippen LogP contribution in [0.5, 0.6) is 0 Å². The molecular formula is C8H6Cl2O2. The third-order valence-corrected chi connectivity index (χ3v) is 2.12. The highest BCUT2D eigenvalue weighted by Crippen LogP contribution is 2.22. The Bertz CT molecular complexity index is 310. The van der Waals surface area contributed by atoms with Gasteiger partial charge in [0.2, 0.25) is 0 Å². The smallest absolute Gasteiger partial charge is 0.188 e. The maximum atomic E-state index is 10.9. The second-order valence-corrected chi connectivity index (χ2v) is 3.02. The summed E-state index contributed by atoms with van der Waals surface area (Å²) < 4.78 is 0. The normalized spacial score (nSPS) is 9.92. The van der Waals surface area contributed by atoms with Gasteiger partial charge in [-0.15, -0.1) is 0 Å². The van der Waals surface area contributed by atoms with Crippen LogP contribution in [0.4, 0.5) is 0 Å². The molecule has 4 heteroatoms. The van der Waals surface area contributed by atoms with Crippen molar-refractivity contribution < 1.29 is 9.90 Å². The summed E-state index contributed by atoms with van der Waals surface area (Å²) in [5.41, 5.74) is 0.368. The quantitative estimate of drug-likeness (QED) is 0.751. The fraction of sp³-hybridized carbons (Fsp3) is 0.125. The van der Waals surface area contributed by atoms with Crippen molar-refractivity contribution in [1.82, 2.24) is 0 Å². The standard InChI is InChI=1S/C8H6Cl2O2/c9-6-2-1-5(3-7(6)10)8(12)4-11/h1-3,11H,4H2. The zero-order valence-electron chi connectivity index (χ0n) is 6.05. The van der Waals surface area contributed by atoms with Crippen LogP contribution in [0.2, 0.25) is 10.0 Å². The van der Waals surface area contributed by atoms with E-state index < -0.39 is 6.61 Å². The van der Waals surface area contributed by atoms with Crippen LogP contribution in [-0.4, -0.2) is 17.5 Å². The van der Waals surface area contributed by atoms with E-state index in [0.717, 1.165) is 0 Å². The van der Waals surface area contributed by atoms with E-state index >= 15 is 0 Å². The number of halogens is 2. The molecule has 0 heterocycles. The first-order chi connectivity index (χ1) is 5.65. The van der Waals surface area contributed by atoms with E-state index in [0.29, 0.717) is 15.6 Å². The van der Waals surface area contributed by atoms with Crippen molar-refractivity contribution in [1.29, 1.82) is 0 Å². The molecule has 0 radical (unpaired) electrons. The minimum Gasteiger partial charge on any atom is -0.388 e. The van der Waals surface area contributed by atoms with Gasteiger partial charge in [-0.1, -0.05) is 23.2 Å². The van der Waals surface area contributed by atoms with Crippen LogP contribution in [0.25, 0.3) is 0 Å².